The van der Waals surface area contributed by atoms with Crippen LogP contribution in [-0.2, 0) is 0 Å². The van der Waals surface area contributed by atoms with Crippen LogP contribution in [0, 0.1) is 11.8 Å². The molecule has 3 atom stereocenters. The normalized spacial score (nSPS) is 34.2. The largest absolute Gasteiger partial charge is 0.315 e. The van der Waals surface area contributed by atoms with Crippen LogP contribution in [0.3, 0.4) is 0 Å². The molecule has 0 aromatic carbocycles. The summed E-state index contributed by atoms with van der Waals surface area (Å²) in [5.41, 5.74) is 0. The van der Waals surface area contributed by atoms with E-state index in [-0.39, 0.29) is 0 Å². The molecule has 0 aromatic heterocycles. The minimum Gasteiger partial charge on any atom is -0.315 e. The second-order valence-corrected chi connectivity index (χ2v) is 6.66. The summed E-state index contributed by atoms with van der Waals surface area (Å²) in [4.78, 5) is 2.82. The molecule has 0 amide bonds. The molecule has 1 N–H and O–H groups in total. The molecule has 2 heteroatoms. The van der Waals surface area contributed by atoms with Gasteiger partial charge >= 0.3 is 0 Å². The van der Waals surface area contributed by atoms with E-state index in [2.05, 4.69) is 31.0 Å². The van der Waals surface area contributed by atoms with E-state index in [1.165, 1.54) is 58.2 Å². The molecular weight excluding hydrogens is 220 g/mol. The summed E-state index contributed by atoms with van der Waals surface area (Å²) in [6.07, 6.45) is 8.57. The monoisotopic (exact) mass is 252 g/mol. The second kappa shape index (κ2) is 6.91. The lowest BCUT2D eigenvalue weighted by Gasteiger charge is -2.43. The van der Waals surface area contributed by atoms with Crippen LogP contribution in [0.5, 0.6) is 0 Å². The van der Waals surface area contributed by atoms with Crippen molar-refractivity contribution in [2.24, 2.45) is 11.8 Å². The quantitative estimate of drug-likeness (QED) is 0.826. The van der Waals surface area contributed by atoms with Gasteiger partial charge in [0.05, 0.1) is 0 Å². The zero-order valence-electron chi connectivity index (χ0n) is 12.6. The predicted octanol–water partition coefficient (Wildman–Crippen LogP) is 3.28. The van der Waals surface area contributed by atoms with Gasteiger partial charge < -0.3 is 5.32 Å². The van der Waals surface area contributed by atoms with Crippen molar-refractivity contribution in [3.63, 3.8) is 0 Å². The van der Waals surface area contributed by atoms with Gasteiger partial charge in [0.1, 0.15) is 0 Å². The molecule has 1 aliphatic carbocycles. The van der Waals surface area contributed by atoms with Gasteiger partial charge in [-0.15, -0.1) is 0 Å². The highest BCUT2D eigenvalue weighted by atomic mass is 15.2. The van der Waals surface area contributed by atoms with Gasteiger partial charge in [0.25, 0.3) is 0 Å². The van der Waals surface area contributed by atoms with Crippen molar-refractivity contribution in [1.29, 1.82) is 0 Å². The van der Waals surface area contributed by atoms with Gasteiger partial charge in [-0.1, -0.05) is 33.6 Å². The van der Waals surface area contributed by atoms with Crippen molar-refractivity contribution in [2.75, 3.05) is 19.6 Å². The minimum absolute atomic E-state index is 0.805. The Kier molecular flexibility index (Phi) is 5.50. The first-order chi connectivity index (χ1) is 8.72. The van der Waals surface area contributed by atoms with Gasteiger partial charge in [-0.05, 0) is 50.6 Å². The molecular formula is C16H32N2. The topological polar surface area (TPSA) is 15.3 Å². The third kappa shape index (κ3) is 3.48. The molecule has 106 valence electrons. The van der Waals surface area contributed by atoms with Gasteiger partial charge in [-0.3, -0.25) is 4.90 Å². The number of nitrogens with one attached hydrogen (secondary N) is 1. The Hall–Kier alpha value is -0.0800. The fraction of sp³-hybridized carbons (Fsp3) is 1.00. The number of hydrogen-bond donors (Lipinski definition) is 1. The zero-order valence-corrected chi connectivity index (χ0v) is 12.6. The van der Waals surface area contributed by atoms with Gasteiger partial charge in [-0.25, -0.2) is 0 Å². The Balaban J connectivity index is 1.93. The third-order valence-electron chi connectivity index (χ3n) is 5.20. The molecule has 2 aliphatic rings. The Morgan fingerprint density at radius 1 is 1.11 bits per heavy atom. The highest BCUT2D eigenvalue weighted by Crippen LogP contribution is 2.33. The molecule has 3 unspecified atom stereocenters. The Morgan fingerprint density at radius 3 is 2.50 bits per heavy atom. The van der Waals surface area contributed by atoms with E-state index < -0.39 is 0 Å². The van der Waals surface area contributed by atoms with Crippen LogP contribution >= 0.6 is 0 Å². The number of hydrogen-bond acceptors (Lipinski definition) is 2. The fourth-order valence-corrected chi connectivity index (χ4v) is 4.04. The number of likely N-dealkylation sites (N-methyl/N-ethyl adjacent to an activating group) is 1. The summed E-state index contributed by atoms with van der Waals surface area (Å²) in [5.74, 6) is 1.84. The highest BCUT2D eigenvalue weighted by molar-refractivity contribution is 4.87. The molecule has 0 bridgehead atoms. The van der Waals surface area contributed by atoms with Crippen LogP contribution in [0.25, 0.3) is 0 Å². The molecule has 1 aliphatic heterocycles. The van der Waals surface area contributed by atoms with Crippen LogP contribution in [0.15, 0.2) is 0 Å². The van der Waals surface area contributed by atoms with Crippen molar-refractivity contribution in [3.8, 4) is 0 Å². The van der Waals surface area contributed by atoms with E-state index in [0.29, 0.717) is 0 Å². The maximum absolute atomic E-state index is 3.58. The van der Waals surface area contributed by atoms with E-state index in [1.807, 2.05) is 0 Å². The molecule has 0 aromatic rings. The molecule has 1 saturated heterocycles. The summed E-state index contributed by atoms with van der Waals surface area (Å²) < 4.78 is 0. The third-order valence-corrected chi connectivity index (χ3v) is 5.20. The number of rotatable bonds is 4. The van der Waals surface area contributed by atoms with Crippen LogP contribution in [0.2, 0.25) is 0 Å². The van der Waals surface area contributed by atoms with Crippen molar-refractivity contribution >= 4 is 0 Å². The summed E-state index contributed by atoms with van der Waals surface area (Å²) in [5, 5.41) is 3.58. The molecule has 2 rings (SSSR count). The smallest absolute Gasteiger partial charge is 0.0223 e. The maximum Gasteiger partial charge on any atom is 0.0223 e. The molecule has 1 saturated carbocycles. The summed E-state index contributed by atoms with van der Waals surface area (Å²) in [6, 6.07) is 1.67. The summed E-state index contributed by atoms with van der Waals surface area (Å²) in [6.45, 7) is 10.9. The van der Waals surface area contributed by atoms with E-state index in [4.69, 9.17) is 0 Å². The van der Waals surface area contributed by atoms with E-state index in [1.54, 1.807) is 0 Å². The predicted molar refractivity (Wildman–Crippen MR) is 78.9 cm³/mol. The van der Waals surface area contributed by atoms with Crippen LogP contribution in [0.4, 0.5) is 0 Å². The van der Waals surface area contributed by atoms with Gasteiger partial charge in [-0.2, -0.15) is 0 Å². The average molecular weight is 252 g/mol. The minimum atomic E-state index is 0.805. The Bertz CT molecular complexity index is 233. The average Bonchev–Trinajstić information content (AvgIpc) is 2.41. The van der Waals surface area contributed by atoms with Crippen molar-refractivity contribution in [1.82, 2.24) is 10.2 Å². The zero-order chi connectivity index (χ0) is 13.0. The Morgan fingerprint density at radius 2 is 1.89 bits per heavy atom. The molecule has 18 heavy (non-hydrogen) atoms. The first-order valence-electron chi connectivity index (χ1n) is 8.18. The maximum atomic E-state index is 3.58. The summed E-state index contributed by atoms with van der Waals surface area (Å²) in [7, 11) is 0. The Labute approximate surface area is 114 Å². The SMILES string of the molecule is CCN(C1CCCNC1)C1CCCC(C(C)C)C1. The lowest BCUT2D eigenvalue weighted by Crippen LogP contribution is -2.51. The van der Waals surface area contributed by atoms with E-state index in [9.17, 15) is 0 Å². The molecule has 2 fully saturated rings. The van der Waals surface area contributed by atoms with Gasteiger partial charge in [0, 0.05) is 18.6 Å². The first kappa shape index (κ1) is 14.3. The second-order valence-electron chi connectivity index (χ2n) is 6.66. The van der Waals surface area contributed by atoms with Crippen LogP contribution in [-0.4, -0.2) is 36.6 Å². The van der Waals surface area contributed by atoms with Gasteiger partial charge in [0.15, 0.2) is 0 Å². The molecule has 1 heterocycles. The van der Waals surface area contributed by atoms with E-state index in [0.717, 1.165) is 23.9 Å². The number of nitrogens with zero attached hydrogens (tertiary/aromatic N) is 1. The van der Waals surface area contributed by atoms with Gasteiger partial charge in [0.2, 0.25) is 0 Å². The first-order valence-corrected chi connectivity index (χ1v) is 8.18. The lowest BCUT2D eigenvalue weighted by atomic mass is 9.78. The molecule has 2 nitrogen and oxygen atoms in total. The fourth-order valence-electron chi connectivity index (χ4n) is 4.04. The van der Waals surface area contributed by atoms with Crippen molar-refractivity contribution in [2.45, 2.75) is 71.4 Å². The summed E-state index contributed by atoms with van der Waals surface area (Å²) >= 11 is 0. The number of piperidine rings is 1. The van der Waals surface area contributed by atoms with Crippen molar-refractivity contribution in [3.05, 3.63) is 0 Å². The highest BCUT2D eigenvalue weighted by Gasteiger charge is 2.31. The molecule has 0 spiro atoms. The van der Waals surface area contributed by atoms with Crippen LogP contribution < -0.4 is 5.32 Å². The van der Waals surface area contributed by atoms with E-state index >= 15 is 0 Å². The van der Waals surface area contributed by atoms with Crippen LogP contribution in [0.1, 0.15) is 59.3 Å². The standard InChI is InChI=1S/C16H32N2/c1-4-18(16-9-6-10-17-12-16)15-8-5-7-14(11-15)13(2)3/h13-17H,4-12H2,1-3H3. The van der Waals surface area contributed by atoms with Crippen molar-refractivity contribution < 1.29 is 0 Å². The lowest BCUT2D eigenvalue weighted by molar-refractivity contribution is 0.0682. The molecule has 0 radical (unpaired) electrons.